The zero-order chi connectivity index (χ0) is 12.8. The van der Waals surface area contributed by atoms with E-state index in [0.29, 0.717) is 6.54 Å². The zero-order valence-corrected chi connectivity index (χ0v) is 10.5. The number of aromatic nitrogens is 2. The van der Waals surface area contributed by atoms with E-state index in [0.717, 1.165) is 36.7 Å². The van der Waals surface area contributed by atoms with E-state index >= 15 is 0 Å². The lowest BCUT2D eigenvalue weighted by Crippen LogP contribution is -2.20. The van der Waals surface area contributed by atoms with Gasteiger partial charge >= 0.3 is 0 Å². The fraction of sp³-hybridized carbons (Fsp3) is 0.385. The van der Waals surface area contributed by atoms with Gasteiger partial charge in [0.25, 0.3) is 0 Å². The molecule has 5 heteroatoms. The molecule has 0 radical (unpaired) electrons. The lowest BCUT2D eigenvalue weighted by Gasteiger charge is -2.13. The summed E-state index contributed by atoms with van der Waals surface area (Å²) in [6.07, 6.45) is 2.74. The first-order valence-corrected chi connectivity index (χ1v) is 6.01. The van der Waals surface area contributed by atoms with E-state index in [-0.39, 0.29) is 0 Å². The van der Waals surface area contributed by atoms with E-state index in [1.165, 1.54) is 0 Å². The number of hydrogen-bond donors (Lipinski definition) is 1. The molecule has 2 aromatic heterocycles. The van der Waals surface area contributed by atoms with Crippen LogP contribution in [0, 0.1) is 0 Å². The van der Waals surface area contributed by atoms with Crippen molar-refractivity contribution in [3.8, 4) is 0 Å². The molecular weight excluding hydrogens is 228 g/mol. The summed E-state index contributed by atoms with van der Waals surface area (Å²) < 4.78 is 5.19. The van der Waals surface area contributed by atoms with Crippen LogP contribution >= 0.6 is 0 Å². The summed E-state index contributed by atoms with van der Waals surface area (Å²) in [6, 6.07) is 7.87. The van der Waals surface area contributed by atoms with Gasteiger partial charge in [-0.2, -0.15) is 0 Å². The predicted molar refractivity (Wildman–Crippen MR) is 68.7 cm³/mol. The standard InChI is InChI=1S/C13H18N4O/c1-17(7-5-11-4-2-3-6-15-11)10-13-8-12(9-14)16-18-13/h2-4,6,8H,5,7,9-10,14H2,1H3. The van der Waals surface area contributed by atoms with E-state index in [9.17, 15) is 0 Å². The Labute approximate surface area is 107 Å². The first-order chi connectivity index (χ1) is 8.78. The summed E-state index contributed by atoms with van der Waals surface area (Å²) in [5, 5.41) is 3.87. The van der Waals surface area contributed by atoms with Crippen LogP contribution in [-0.4, -0.2) is 28.6 Å². The van der Waals surface area contributed by atoms with Crippen LogP contribution in [-0.2, 0) is 19.5 Å². The molecule has 0 bridgehead atoms. The molecule has 96 valence electrons. The monoisotopic (exact) mass is 246 g/mol. The highest BCUT2D eigenvalue weighted by atomic mass is 16.5. The molecule has 18 heavy (non-hydrogen) atoms. The number of nitrogens with two attached hydrogens (primary N) is 1. The van der Waals surface area contributed by atoms with Crippen molar-refractivity contribution in [1.29, 1.82) is 0 Å². The summed E-state index contributed by atoms with van der Waals surface area (Å²) in [4.78, 5) is 6.47. The third-order valence-corrected chi connectivity index (χ3v) is 2.72. The number of nitrogens with zero attached hydrogens (tertiary/aromatic N) is 3. The Kier molecular flexibility index (Phi) is 4.44. The Morgan fingerprint density at radius 3 is 2.89 bits per heavy atom. The van der Waals surface area contributed by atoms with Crippen LogP contribution in [0.2, 0.25) is 0 Å². The quantitative estimate of drug-likeness (QED) is 0.829. The van der Waals surface area contributed by atoms with Crippen molar-refractivity contribution in [3.63, 3.8) is 0 Å². The van der Waals surface area contributed by atoms with Gasteiger partial charge < -0.3 is 10.3 Å². The van der Waals surface area contributed by atoms with Gasteiger partial charge in [-0.25, -0.2) is 0 Å². The maximum Gasteiger partial charge on any atom is 0.151 e. The van der Waals surface area contributed by atoms with Gasteiger partial charge in [-0.1, -0.05) is 11.2 Å². The first kappa shape index (κ1) is 12.7. The van der Waals surface area contributed by atoms with Crippen molar-refractivity contribution in [2.24, 2.45) is 5.73 Å². The fourth-order valence-corrected chi connectivity index (χ4v) is 1.72. The molecule has 2 aromatic rings. The van der Waals surface area contributed by atoms with Crippen molar-refractivity contribution in [1.82, 2.24) is 15.0 Å². The number of pyridine rings is 1. The lowest BCUT2D eigenvalue weighted by atomic mass is 10.2. The highest BCUT2D eigenvalue weighted by molar-refractivity contribution is 5.05. The summed E-state index contributed by atoms with van der Waals surface area (Å²) in [5.41, 5.74) is 7.38. The molecule has 5 nitrogen and oxygen atoms in total. The Balaban J connectivity index is 1.80. The fourth-order valence-electron chi connectivity index (χ4n) is 1.72. The smallest absolute Gasteiger partial charge is 0.151 e. The Hall–Kier alpha value is -1.72. The van der Waals surface area contributed by atoms with E-state index in [1.807, 2.05) is 37.5 Å². The summed E-state index contributed by atoms with van der Waals surface area (Å²) in [5.74, 6) is 0.846. The van der Waals surface area contributed by atoms with Crippen molar-refractivity contribution >= 4 is 0 Å². The second-order valence-corrected chi connectivity index (χ2v) is 4.30. The molecule has 0 saturated heterocycles. The molecule has 0 aliphatic carbocycles. The normalized spacial score (nSPS) is 11.1. The van der Waals surface area contributed by atoms with E-state index < -0.39 is 0 Å². The van der Waals surface area contributed by atoms with E-state index in [4.69, 9.17) is 10.3 Å². The maximum absolute atomic E-state index is 5.48. The Morgan fingerprint density at radius 2 is 2.22 bits per heavy atom. The molecule has 0 unspecified atom stereocenters. The minimum atomic E-state index is 0.418. The third kappa shape index (κ3) is 3.65. The van der Waals surface area contributed by atoms with Gasteiger partial charge in [-0.3, -0.25) is 9.88 Å². The molecule has 0 saturated carbocycles. The minimum Gasteiger partial charge on any atom is -0.360 e. The van der Waals surface area contributed by atoms with Crippen LogP contribution in [0.1, 0.15) is 17.1 Å². The topological polar surface area (TPSA) is 68.2 Å². The summed E-state index contributed by atoms with van der Waals surface area (Å²) >= 11 is 0. The van der Waals surface area contributed by atoms with Gasteiger partial charge in [0, 0.05) is 37.5 Å². The van der Waals surface area contributed by atoms with Crippen LogP contribution in [0.25, 0.3) is 0 Å². The average Bonchev–Trinajstić information content (AvgIpc) is 2.85. The zero-order valence-electron chi connectivity index (χ0n) is 10.5. The van der Waals surface area contributed by atoms with Crippen molar-refractivity contribution < 1.29 is 4.52 Å². The van der Waals surface area contributed by atoms with Gasteiger partial charge in [0.2, 0.25) is 0 Å². The number of rotatable bonds is 6. The highest BCUT2D eigenvalue weighted by Gasteiger charge is 2.06. The van der Waals surface area contributed by atoms with E-state index in [1.54, 1.807) is 0 Å². The maximum atomic E-state index is 5.48. The van der Waals surface area contributed by atoms with Crippen molar-refractivity contribution in [2.75, 3.05) is 13.6 Å². The van der Waals surface area contributed by atoms with Crippen molar-refractivity contribution in [3.05, 3.63) is 47.6 Å². The number of likely N-dealkylation sites (N-methyl/N-ethyl adjacent to an activating group) is 1. The second kappa shape index (κ2) is 6.28. The highest BCUT2D eigenvalue weighted by Crippen LogP contribution is 2.06. The molecule has 0 atom stereocenters. The van der Waals surface area contributed by atoms with Crippen LogP contribution < -0.4 is 5.73 Å². The summed E-state index contributed by atoms with van der Waals surface area (Å²) in [6.45, 7) is 2.08. The molecule has 0 aliphatic rings. The number of hydrogen-bond acceptors (Lipinski definition) is 5. The Morgan fingerprint density at radius 1 is 1.33 bits per heavy atom. The largest absolute Gasteiger partial charge is 0.360 e. The van der Waals surface area contributed by atoms with Gasteiger partial charge in [0.15, 0.2) is 5.76 Å². The molecule has 0 aromatic carbocycles. The molecule has 2 heterocycles. The van der Waals surface area contributed by atoms with Crippen LogP contribution in [0.3, 0.4) is 0 Å². The molecule has 0 aliphatic heterocycles. The van der Waals surface area contributed by atoms with Crippen LogP contribution in [0.5, 0.6) is 0 Å². The van der Waals surface area contributed by atoms with Crippen LogP contribution in [0.4, 0.5) is 0 Å². The molecule has 2 N–H and O–H groups in total. The minimum absolute atomic E-state index is 0.418. The average molecular weight is 246 g/mol. The molecule has 0 fully saturated rings. The second-order valence-electron chi connectivity index (χ2n) is 4.30. The van der Waals surface area contributed by atoms with Gasteiger partial charge in [-0.15, -0.1) is 0 Å². The molecule has 2 rings (SSSR count). The first-order valence-electron chi connectivity index (χ1n) is 6.01. The van der Waals surface area contributed by atoms with Gasteiger partial charge in [0.1, 0.15) is 0 Å². The third-order valence-electron chi connectivity index (χ3n) is 2.72. The lowest BCUT2D eigenvalue weighted by molar-refractivity contribution is 0.273. The molecular formula is C13H18N4O. The predicted octanol–water partition coefficient (Wildman–Crippen LogP) is 1.20. The SMILES string of the molecule is CN(CCc1ccccn1)Cc1cc(CN)no1. The molecule has 0 spiro atoms. The Bertz CT molecular complexity index is 469. The van der Waals surface area contributed by atoms with Crippen LogP contribution in [0.15, 0.2) is 35.0 Å². The summed E-state index contributed by atoms with van der Waals surface area (Å²) in [7, 11) is 2.05. The van der Waals surface area contributed by atoms with Crippen molar-refractivity contribution in [2.45, 2.75) is 19.5 Å². The molecule has 0 amide bonds. The van der Waals surface area contributed by atoms with Gasteiger partial charge in [-0.05, 0) is 19.2 Å². The van der Waals surface area contributed by atoms with Gasteiger partial charge in [0.05, 0.1) is 12.2 Å². The van der Waals surface area contributed by atoms with E-state index in [2.05, 4.69) is 15.0 Å².